The number of hydrogen-bond donors (Lipinski definition) is 1. The van der Waals surface area contributed by atoms with Gasteiger partial charge in [-0.2, -0.15) is 0 Å². The molecule has 1 N–H and O–H groups in total. The molecule has 0 aliphatic carbocycles. The average molecular weight is 289 g/mol. The number of benzene rings is 1. The summed E-state index contributed by atoms with van der Waals surface area (Å²) < 4.78 is 5.88. The summed E-state index contributed by atoms with van der Waals surface area (Å²) in [6.07, 6.45) is 9.11. The summed E-state index contributed by atoms with van der Waals surface area (Å²) in [5.41, 5.74) is 2.89. The maximum atomic E-state index is 5.88. The molecule has 0 bridgehead atoms. The van der Waals surface area contributed by atoms with Crippen LogP contribution in [0.15, 0.2) is 24.3 Å². The summed E-state index contributed by atoms with van der Waals surface area (Å²) in [5.74, 6) is 0. The SMILES string of the molecule is CCCNC(CCC1CCCCO1)Cc1ccccc1C. The molecule has 1 aliphatic heterocycles. The van der Waals surface area contributed by atoms with E-state index >= 15 is 0 Å². The van der Waals surface area contributed by atoms with Crippen LogP contribution in [0.2, 0.25) is 0 Å². The van der Waals surface area contributed by atoms with Crippen LogP contribution >= 0.6 is 0 Å². The van der Waals surface area contributed by atoms with Gasteiger partial charge in [0.2, 0.25) is 0 Å². The molecule has 2 rings (SSSR count). The maximum Gasteiger partial charge on any atom is 0.0575 e. The van der Waals surface area contributed by atoms with Crippen molar-refractivity contribution >= 4 is 0 Å². The first-order valence-electron chi connectivity index (χ1n) is 8.69. The topological polar surface area (TPSA) is 21.3 Å². The Morgan fingerprint density at radius 3 is 2.86 bits per heavy atom. The third-order valence-electron chi connectivity index (χ3n) is 4.52. The smallest absolute Gasteiger partial charge is 0.0575 e. The lowest BCUT2D eigenvalue weighted by atomic mass is 9.95. The van der Waals surface area contributed by atoms with E-state index < -0.39 is 0 Å². The molecule has 1 aromatic carbocycles. The van der Waals surface area contributed by atoms with Gasteiger partial charge in [0, 0.05) is 12.6 Å². The second-order valence-corrected chi connectivity index (χ2v) is 6.35. The van der Waals surface area contributed by atoms with E-state index in [0.29, 0.717) is 12.1 Å². The van der Waals surface area contributed by atoms with E-state index in [4.69, 9.17) is 4.74 Å². The van der Waals surface area contributed by atoms with Gasteiger partial charge in [-0.05, 0) is 69.5 Å². The fraction of sp³-hybridized carbons (Fsp3) is 0.684. The Balaban J connectivity index is 1.86. The van der Waals surface area contributed by atoms with Gasteiger partial charge in [0.05, 0.1) is 6.10 Å². The van der Waals surface area contributed by atoms with Crippen molar-refractivity contribution in [2.75, 3.05) is 13.2 Å². The van der Waals surface area contributed by atoms with Crippen molar-refractivity contribution in [3.8, 4) is 0 Å². The molecular formula is C19H31NO. The first-order valence-corrected chi connectivity index (χ1v) is 8.69. The van der Waals surface area contributed by atoms with Crippen LogP contribution in [0, 0.1) is 6.92 Å². The molecule has 118 valence electrons. The highest BCUT2D eigenvalue weighted by Crippen LogP contribution is 2.19. The molecule has 0 amide bonds. The summed E-state index contributed by atoms with van der Waals surface area (Å²) >= 11 is 0. The van der Waals surface area contributed by atoms with E-state index in [1.807, 2.05) is 0 Å². The van der Waals surface area contributed by atoms with Crippen LogP contribution in [0.25, 0.3) is 0 Å². The van der Waals surface area contributed by atoms with Crippen molar-refractivity contribution < 1.29 is 4.74 Å². The van der Waals surface area contributed by atoms with Crippen molar-refractivity contribution in [1.29, 1.82) is 0 Å². The molecule has 1 aliphatic rings. The van der Waals surface area contributed by atoms with E-state index in [1.54, 1.807) is 0 Å². The maximum absolute atomic E-state index is 5.88. The van der Waals surface area contributed by atoms with Crippen molar-refractivity contribution in [3.63, 3.8) is 0 Å². The molecule has 0 aromatic heterocycles. The van der Waals surface area contributed by atoms with Gasteiger partial charge in [0.25, 0.3) is 0 Å². The molecule has 2 nitrogen and oxygen atoms in total. The molecule has 2 heteroatoms. The van der Waals surface area contributed by atoms with E-state index in [2.05, 4.69) is 43.4 Å². The number of aryl methyl sites for hydroxylation is 1. The molecular weight excluding hydrogens is 258 g/mol. The Morgan fingerprint density at radius 1 is 1.29 bits per heavy atom. The zero-order chi connectivity index (χ0) is 14.9. The number of hydrogen-bond acceptors (Lipinski definition) is 2. The monoisotopic (exact) mass is 289 g/mol. The van der Waals surface area contributed by atoms with Gasteiger partial charge in [-0.25, -0.2) is 0 Å². The van der Waals surface area contributed by atoms with Gasteiger partial charge in [0.1, 0.15) is 0 Å². The fourth-order valence-electron chi connectivity index (χ4n) is 3.15. The van der Waals surface area contributed by atoms with E-state index in [0.717, 1.165) is 19.6 Å². The van der Waals surface area contributed by atoms with E-state index in [1.165, 1.54) is 49.7 Å². The molecule has 2 atom stereocenters. The van der Waals surface area contributed by atoms with E-state index in [9.17, 15) is 0 Å². The highest BCUT2D eigenvalue weighted by Gasteiger charge is 2.17. The summed E-state index contributed by atoms with van der Waals surface area (Å²) in [6.45, 7) is 6.54. The number of nitrogens with one attached hydrogen (secondary N) is 1. The van der Waals surface area contributed by atoms with Crippen LogP contribution in [0.5, 0.6) is 0 Å². The van der Waals surface area contributed by atoms with Crippen LogP contribution in [-0.2, 0) is 11.2 Å². The largest absolute Gasteiger partial charge is 0.378 e. The standard InChI is InChI=1S/C19H31NO/c1-3-13-20-18(11-12-19-10-6-7-14-21-19)15-17-9-5-4-8-16(17)2/h4-5,8-9,18-20H,3,6-7,10-15H2,1-2H3. The third kappa shape index (κ3) is 5.80. The molecule has 0 radical (unpaired) electrons. The molecule has 0 saturated carbocycles. The minimum absolute atomic E-state index is 0.501. The molecule has 0 spiro atoms. The lowest BCUT2D eigenvalue weighted by molar-refractivity contribution is 0.00858. The van der Waals surface area contributed by atoms with Crippen LogP contribution in [0.4, 0.5) is 0 Å². The normalized spacial score (nSPS) is 20.4. The van der Waals surface area contributed by atoms with Gasteiger partial charge in [-0.15, -0.1) is 0 Å². The molecule has 1 fully saturated rings. The van der Waals surface area contributed by atoms with Crippen LogP contribution in [0.3, 0.4) is 0 Å². The van der Waals surface area contributed by atoms with E-state index in [-0.39, 0.29) is 0 Å². The van der Waals surface area contributed by atoms with Crippen LogP contribution < -0.4 is 5.32 Å². The Morgan fingerprint density at radius 2 is 2.14 bits per heavy atom. The summed E-state index contributed by atoms with van der Waals surface area (Å²) in [5, 5.41) is 3.73. The zero-order valence-electron chi connectivity index (χ0n) is 13.7. The predicted molar refractivity (Wildman–Crippen MR) is 89.8 cm³/mol. The average Bonchev–Trinajstić information content (AvgIpc) is 2.53. The predicted octanol–water partition coefficient (Wildman–Crippen LogP) is 4.26. The van der Waals surface area contributed by atoms with Gasteiger partial charge in [-0.3, -0.25) is 0 Å². The first kappa shape index (κ1) is 16.5. The van der Waals surface area contributed by atoms with Crippen molar-refractivity contribution in [2.45, 2.75) is 70.9 Å². The lowest BCUT2D eigenvalue weighted by Crippen LogP contribution is -2.33. The quantitative estimate of drug-likeness (QED) is 0.772. The van der Waals surface area contributed by atoms with Gasteiger partial charge < -0.3 is 10.1 Å². The Hall–Kier alpha value is -0.860. The molecule has 1 saturated heterocycles. The Kier molecular flexibility index (Phi) is 7.25. The minimum Gasteiger partial charge on any atom is -0.378 e. The van der Waals surface area contributed by atoms with Crippen molar-refractivity contribution in [2.24, 2.45) is 0 Å². The number of ether oxygens (including phenoxy) is 1. The van der Waals surface area contributed by atoms with Crippen molar-refractivity contribution in [3.05, 3.63) is 35.4 Å². The second kappa shape index (κ2) is 9.22. The Bertz CT molecular complexity index is 398. The van der Waals surface area contributed by atoms with Gasteiger partial charge in [-0.1, -0.05) is 31.2 Å². The second-order valence-electron chi connectivity index (χ2n) is 6.35. The zero-order valence-corrected chi connectivity index (χ0v) is 13.7. The summed E-state index contributed by atoms with van der Waals surface area (Å²) in [6, 6.07) is 9.35. The summed E-state index contributed by atoms with van der Waals surface area (Å²) in [7, 11) is 0. The summed E-state index contributed by atoms with van der Waals surface area (Å²) in [4.78, 5) is 0. The Labute approximate surface area is 130 Å². The third-order valence-corrected chi connectivity index (χ3v) is 4.52. The molecule has 21 heavy (non-hydrogen) atoms. The van der Waals surface area contributed by atoms with Crippen LogP contribution in [0.1, 0.15) is 56.6 Å². The van der Waals surface area contributed by atoms with Gasteiger partial charge in [0.15, 0.2) is 0 Å². The van der Waals surface area contributed by atoms with Crippen molar-refractivity contribution in [1.82, 2.24) is 5.32 Å². The minimum atomic E-state index is 0.501. The molecule has 1 aromatic rings. The lowest BCUT2D eigenvalue weighted by Gasteiger charge is -2.26. The fourth-order valence-corrected chi connectivity index (χ4v) is 3.15. The first-order chi connectivity index (χ1) is 10.3. The van der Waals surface area contributed by atoms with Gasteiger partial charge >= 0.3 is 0 Å². The molecule has 1 heterocycles. The van der Waals surface area contributed by atoms with Crippen LogP contribution in [-0.4, -0.2) is 25.3 Å². The number of rotatable bonds is 8. The molecule has 2 unspecified atom stereocenters. The highest BCUT2D eigenvalue weighted by atomic mass is 16.5. The highest BCUT2D eigenvalue weighted by molar-refractivity contribution is 5.26.